The molecule has 158 valence electrons. The molecule has 2 N–H and O–H groups in total. The smallest absolute Gasteiger partial charge is 0.406 e. The average molecular weight is 442 g/mol. The molecule has 2 aromatic heterocycles. The van der Waals surface area contributed by atoms with Crippen molar-refractivity contribution in [1.29, 1.82) is 0 Å². The number of amides is 1. The van der Waals surface area contributed by atoms with E-state index in [2.05, 4.69) is 35.4 Å². The summed E-state index contributed by atoms with van der Waals surface area (Å²) < 4.78 is 42.6. The number of aromatic nitrogens is 5. The van der Waals surface area contributed by atoms with Gasteiger partial charge in [-0.1, -0.05) is 11.6 Å². The zero-order valence-corrected chi connectivity index (χ0v) is 16.4. The van der Waals surface area contributed by atoms with Crippen molar-refractivity contribution in [2.75, 3.05) is 12.4 Å². The highest BCUT2D eigenvalue weighted by Crippen LogP contribution is 2.27. The molecule has 9 nitrogen and oxygen atoms in total. The van der Waals surface area contributed by atoms with E-state index < -0.39 is 24.1 Å². The van der Waals surface area contributed by atoms with Crippen LogP contribution in [0, 0.1) is 0 Å². The Morgan fingerprint density at radius 1 is 1.23 bits per heavy atom. The molecule has 2 heterocycles. The minimum Gasteiger partial charge on any atom is -0.406 e. The van der Waals surface area contributed by atoms with Crippen LogP contribution >= 0.6 is 11.6 Å². The van der Waals surface area contributed by atoms with Gasteiger partial charge in [-0.3, -0.25) is 4.79 Å². The molecule has 13 heteroatoms. The highest BCUT2D eigenvalue weighted by Gasteiger charge is 2.31. The molecule has 30 heavy (non-hydrogen) atoms. The molecule has 0 saturated carbocycles. The Hall–Kier alpha value is -3.41. The third-order valence-electron chi connectivity index (χ3n) is 3.70. The van der Waals surface area contributed by atoms with Gasteiger partial charge in [-0.15, -0.1) is 18.3 Å². The van der Waals surface area contributed by atoms with Gasteiger partial charge >= 0.3 is 6.36 Å². The first-order valence-corrected chi connectivity index (χ1v) is 8.83. The Labute approximate surface area is 173 Å². The van der Waals surface area contributed by atoms with Crippen molar-refractivity contribution < 1.29 is 22.7 Å². The lowest BCUT2D eigenvalue weighted by molar-refractivity contribution is -0.274. The molecule has 0 spiro atoms. The molecule has 0 aliphatic carbocycles. The SMILES string of the molecule is CNc1nc(C(C)NC(=O)c2cc(Cl)cc(OC(F)(F)F)c2)n(-c2ncccn2)n1. The van der Waals surface area contributed by atoms with E-state index in [9.17, 15) is 18.0 Å². The van der Waals surface area contributed by atoms with Crippen molar-refractivity contribution in [1.82, 2.24) is 30.0 Å². The summed E-state index contributed by atoms with van der Waals surface area (Å²) in [6.07, 6.45) is -1.88. The number of hydrogen-bond acceptors (Lipinski definition) is 7. The quantitative estimate of drug-likeness (QED) is 0.605. The maximum absolute atomic E-state index is 12.6. The number of ether oxygens (including phenoxy) is 1. The van der Waals surface area contributed by atoms with Crippen molar-refractivity contribution in [3.63, 3.8) is 0 Å². The Balaban J connectivity index is 1.86. The summed E-state index contributed by atoms with van der Waals surface area (Å²) in [4.78, 5) is 25.1. The Morgan fingerprint density at radius 3 is 2.57 bits per heavy atom. The van der Waals surface area contributed by atoms with Crippen LogP contribution in [-0.4, -0.2) is 44.0 Å². The number of carbonyl (C=O) groups is 1. The van der Waals surface area contributed by atoms with Gasteiger partial charge in [-0.25, -0.2) is 9.97 Å². The van der Waals surface area contributed by atoms with Crippen LogP contribution in [0.15, 0.2) is 36.7 Å². The topological polar surface area (TPSA) is 107 Å². The lowest BCUT2D eigenvalue weighted by Crippen LogP contribution is -2.29. The van der Waals surface area contributed by atoms with Crippen LogP contribution in [0.25, 0.3) is 5.95 Å². The van der Waals surface area contributed by atoms with Crippen LogP contribution in [0.1, 0.15) is 29.1 Å². The van der Waals surface area contributed by atoms with Crippen LogP contribution in [0.4, 0.5) is 19.1 Å². The number of halogens is 4. The summed E-state index contributed by atoms with van der Waals surface area (Å²) in [5.74, 6) is -0.501. The molecule has 1 aromatic carbocycles. The van der Waals surface area contributed by atoms with E-state index in [4.69, 9.17) is 11.6 Å². The fourth-order valence-electron chi connectivity index (χ4n) is 2.49. The number of carbonyl (C=O) groups excluding carboxylic acids is 1. The summed E-state index contributed by atoms with van der Waals surface area (Å²) in [5.41, 5.74) is -0.121. The predicted molar refractivity (Wildman–Crippen MR) is 101 cm³/mol. The van der Waals surface area contributed by atoms with Gasteiger partial charge < -0.3 is 15.4 Å². The molecule has 1 amide bonds. The van der Waals surface area contributed by atoms with Crippen molar-refractivity contribution in [3.05, 3.63) is 53.1 Å². The standard InChI is InChI=1S/C17H15ClF3N7O2/c1-9(13-26-15(22-2)27-28(13)16-23-4-3-5-24-16)25-14(29)10-6-11(18)8-12(7-10)30-17(19,20)21/h3-9H,1-2H3,(H,22,27)(H,25,29). The van der Waals surface area contributed by atoms with E-state index in [0.717, 1.165) is 12.1 Å². The van der Waals surface area contributed by atoms with E-state index in [0.29, 0.717) is 5.82 Å². The fraction of sp³-hybridized carbons (Fsp3) is 0.235. The number of anilines is 1. The molecular weight excluding hydrogens is 427 g/mol. The number of rotatable bonds is 6. The summed E-state index contributed by atoms with van der Waals surface area (Å²) >= 11 is 5.83. The number of benzene rings is 1. The molecule has 0 radical (unpaired) electrons. The number of nitrogens with zero attached hydrogens (tertiary/aromatic N) is 5. The van der Waals surface area contributed by atoms with Crippen LogP contribution in [0.5, 0.6) is 5.75 Å². The van der Waals surface area contributed by atoms with E-state index in [1.165, 1.54) is 23.1 Å². The van der Waals surface area contributed by atoms with Gasteiger partial charge in [-0.05, 0) is 31.2 Å². The van der Waals surface area contributed by atoms with E-state index in [-0.39, 0.29) is 22.5 Å². The normalized spacial score (nSPS) is 12.3. The molecule has 0 saturated heterocycles. The lowest BCUT2D eigenvalue weighted by Gasteiger charge is -2.15. The third-order valence-corrected chi connectivity index (χ3v) is 3.92. The average Bonchev–Trinajstić information content (AvgIpc) is 3.11. The Kier molecular flexibility index (Phi) is 6.06. The Bertz CT molecular complexity index is 1040. The van der Waals surface area contributed by atoms with Gasteiger partial charge in [0.05, 0.1) is 6.04 Å². The molecule has 3 rings (SSSR count). The molecule has 0 aliphatic heterocycles. The van der Waals surface area contributed by atoms with Crippen LogP contribution in [0.3, 0.4) is 0 Å². The van der Waals surface area contributed by atoms with E-state index in [1.54, 1.807) is 20.0 Å². The minimum absolute atomic E-state index is 0.0899. The minimum atomic E-state index is -4.92. The van der Waals surface area contributed by atoms with Gasteiger partial charge in [0.1, 0.15) is 5.75 Å². The van der Waals surface area contributed by atoms with Gasteiger partial charge in [0.25, 0.3) is 11.9 Å². The van der Waals surface area contributed by atoms with Crippen molar-refractivity contribution in [2.24, 2.45) is 0 Å². The van der Waals surface area contributed by atoms with Crippen LogP contribution in [-0.2, 0) is 0 Å². The van der Waals surface area contributed by atoms with Gasteiger partial charge in [0, 0.05) is 30.0 Å². The van der Waals surface area contributed by atoms with Gasteiger partial charge in [-0.2, -0.15) is 9.67 Å². The lowest BCUT2D eigenvalue weighted by atomic mass is 10.2. The largest absolute Gasteiger partial charge is 0.573 e. The first kappa shape index (κ1) is 21.3. The molecule has 3 aromatic rings. The second kappa shape index (κ2) is 8.53. The van der Waals surface area contributed by atoms with E-state index in [1.807, 2.05) is 0 Å². The first-order valence-electron chi connectivity index (χ1n) is 8.45. The third kappa shape index (κ3) is 5.14. The monoisotopic (exact) mass is 441 g/mol. The highest BCUT2D eigenvalue weighted by atomic mass is 35.5. The zero-order chi connectivity index (χ0) is 21.9. The summed E-state index contributed by atoms with van der Waals surface area (Å²) in [5, 5.41) is 9.55. The first-order chi connectivity index (χ1) is 14.2. The van der Waals surface area contributed by atoms with Crippen LogP contribution in [0.2, 0.25) is 5.02 Å². The molecule has 0 aliphatic rings. The number of hydrogen-bond donors (Lipinski definition) is 2. The summed E-state index contributed by atoms with van der Waals surface area (Å²) in [6.45, 7) is 1.62. The Morgan fingerprint density at radius 2 is 1.93 bits per heavy atom. The molecule has 1 unspecified atom stereocenters. The van der Waals surface area contributed by atoms with Gasteiger partial charge in [0.2, 0.25) is 5.95 Å². The van der Waals surface area contributed by atoms with E-state index >= 15 is 0 Å². The molecular formula is C17H15ClF3N7O2. The van der Waals surface area contributed by atoms with Crippen molar-refractivity contribution >= 4 is 23.5 Å². The predicted octanol–water partition coefficient (Wildman–Crippen LogP) is 3.14. The summed E-state index contributed by atoms with van der Waals surface area (Å²) in [6, 6.07) is 4.03. The molecule has 0 bridgehead atoms. The second-order valence-electron chi connectivity index (χ2n) is 5.92. The van der Waals surface area contributed by atoms with Crippen LogP contribution < -0.4 is 15.4 Å². The van der Waals surface area contributed by atoms with Crippen molar-refractivity contribution in [2.45, 2.75) is 19.3 Å². The highest BCUT2D eigenvalue weighted by molar-refractivity contribution is 6.31. The van der Waals surface area contributed by atoms with Gasteiger partial charge in [0.15, 0.2) is 5.82 Å². The number of alkyl halides is 3. The maximum atomic E-state index is 12.6. The zero-order valence-electron chi connectivity index (χ0n) is 15.6. The summed E-state index contributed by atoms with van der Waals surface area (Å²) in [7, 11) is 1.62. The van der Waals surface area contributed by atoms with Crippen molar-refractivity contribution in [3.8, 4) is 11.7 Å². The molecule has 1 atom stereocenters. The maximum Gasteiger partial charge on any atom is 0.573 e. The molecule has 0 fully saturated rings. The number of nitrogens with one attached hydrogen (secondary N) is 2. The second-order valence-corrected chi connectivity index (χ2v) is 6.36. The fourth-order valence-corrected chi connectivity index (χ4v) is 2.71.